The minimum atomic E-state index is -4.67. The number of amides is 1. The number of rotatable bonds is 0. The number of nitrogens with zero attached hydrogens (tertiary/aromatic N) is 1. The molecule has 2 heterocycles. The van der Waals surface area contributed by atoms with Gasteiger partial charge in [0.15, 0.2) is 0 Å². The average Bonchev–Trinajstić information content (AvgIpc) is 2.23. The molecule has 0 aromatic carbocycles. The molecule has 2 rings (SSSR count). The molecule has 1 saturated heterocycles. The van der Waals surface area contributed by atoms with Crippen molar-refractivity contribution in [2.45, 2.75) is 17.8 Å². The molecule has 2 aliphatic heterocycles. The number of fused-ring (bicyclic) bond motifs is 1. The largest absolute Gasteiger partial charge is 0.394 e. The Morgan fingerprint density at radius 2 is 2.00 bits per heavy atom. The molecule has 2 N–H and O–H groups in total. The van der Waals surface area contributed by atoms with Crippen molar-refractivity contribution in [2.24, 2.45) is 0 Å². The third-order valence-corrected chi connectivity index (χ3v) is 2.26. The molecular weight excluding hydrogens is 234 g/mol. The summed E-state index contributed by atoms with van der Waals surface area (Å²) in [6.07, 6.45) is 4.26. The number of carbonyl (C=O) groups is 1. The van der Waals surface area contributed by atoms with E-state index >= 15 is 0 Å². The van der Waals surface area contributed by atoms with Gasteiger partial charge in [-0.1, -0.05) is 0 Å². The highest BCUT2D eigenvalue weighted by molar-refractivity contribution is 7.79. The Morgan fingerprint density at radius 3 is 2.29 bits per heavy atom. The quantitative estimate of drug-likeness (QED) is 0.356. The van der Waals surface area contributed by atoms with Gasteiger partial charge < -0.3 is 4.90 Å². The van der Waals surface area contributed by atoms with Crippen LogP contribution in [-0.4, -0.2) is 39.7 Å². The van der Waals surface area contributed by atoms with Gasteiger partial charge in [-0.15, -0.1) is 11.6 Å². The third-order valence-electron chi connectivity index (χ3n) is 1.83. The molecular formula is C6H8ClNO5S. The predicted octanol–water partition coefficient (Wildman–Crippen LogP) is 0.0692. The summed E-state index contributed by atoms with van der Waals surface area (Å²) in [6, 6.07) is 0.277. The lowest BCUT2D eigenvalue weighted by Crippen LogP contribution is -2.49. The summed E-state index contributed by atoms with van der Waals surface area (Å²) in [6.45, 7) is 0. The molecule has 2 atom stereocenters. The van der Waals surface area contributed by atoms with Crippen LogP contribution in [0.25, 0.3) is 0 Å². The molecule has 1 fully saturated rings. The van der Waals surface area contributed by atoms with E-state index in [0.29, 0.717) is 6.42 Å². The molecule has 0 radical (unpaired) electrons. The molecule has 14 heavy (non-hydrogen) atoms. The lowest BCUT2D eigenvalue weighted by atomic mass is 10.0. The summed E-state index contributed by atoms with van der Waals surface area (Å²) in [4.78, 5) is 12.4. The van der Waals surface area contributed by atoms with Gasteiger partial charge in [0.25, 0.3) is 0 Å². The molecule has 0 spiro atoms. The van der Waals surface area contributed by atoms with Crippen LogP contribution in [0, 0.1) is 0 Å². The van der Waals surface area contributed by atoms with E-state index in [1.54, 1.807) is 11.1 Å². The Bertz CT molecular complexity index is 356. The molecule has 1 amide bonds. The third kappa shape index (κ3) is 2.95. The summed E-state index contributed by atoms with van der Waals surface area (Å²) in [5, 5.41) is 0.0581. The van der Waals surface area contributed by atoms with Crippen molar-refractivity contribution in [3.63, 3.8) is 0 Å². The molecule has 2 aliphatic rings. The van der Waals surface area contributed by atoms with E-state index in [4.69, 9.17) is 29.1 Å². The van der Waals surface area contributed by atoms with Crippen LogP contribution in [0.15, 0.2) is 12.3 Å². The number of hydrogen-bond acceptors (Lipinski definition) is 3. The summed E-state index contributed by atoms with van der Waals surface area (Å²) < 4.78 is 31.6. The number of hydrogen-bond donors (Lipinski definition) is 2. The normalized spacial score (nSPS) is 29.1. The topological polar surface area (TPSA) is 94.9 Å². The summed E-state index contributed by atoms with van der Waals surface area (Å²) >= 11 is 5.79. The van der Waals surface area contributed by atoms with Crippen molar-refractivity contribution in [3.8, 4) is 0 Å². The molecule has 0 aromatic rings. The van der Waals surface area contributed by atoms with Gasteiger partial charge in [0.05, 0.1) is 11.4 Å². The maximum absolute atomic E-state index is 10.7. The molecule has 0 saturated carbocycles. The fourth-order valence-electron chi connectivity index (χ4n) is 1.22. The zero-order chi connectivity index (χ0) is 10.9. The number of β-lactam (4-membered cyclic amide) rings is 1. The predicted molar refractivity (Wildman–Crippen MR) is 48.2 cm³/mol. The van der Waals surface area contributed by atoms with Gasteiger partial charge in [-0.25, -0.2) is 0 Å². The Morgan fingerprint density at radius 1 is 1.50 bits per heavy atom. The Kier molecular flexibility index (Phi) is 3.15. The van der Waals surface area contributed by atoms with Crippen LogP contribution in [0.1, 0.15) is 6.42 Å². The molecule has 0 aromatic heterocycles. The smallest absolute Gasteiger partial charge is 0.314 e. The van der Waals surface area contributed by atoms with Gasteiger partial charge in [-0.2, -0.15) is 8.42 Å². The standard InChI is InChI=1S/C6H6ClNO.H2O4S/c7-4-1-2-8-5(4)3-6(8)9;1-5(2,3)4/h1-2,4-5H,3H2;(H2,1,2,3,4). The van der Waals surface area contributed by atoms with Crippen LogP contribution in [0.3, 0.4) is 0 Å². The number of alkyl halides is 1. The second kappa shape index (κ2) is 3.85. The first-order chi connectivity index (χ1) is 6.29. The van der Waals surface area contributed by atoms with Crippen LogP contribution in [0.4, 0.5) is 0 Å². The molecule has 80 valence electrons. The maximum atomic E-state index is 10.7. The summed E-state index contributed by atoms with van der Waals surface area (Å²) in [7, 11) is -4.67. The first kappa shape index (κ1) is 11.4. The van der Waals surface area contributed by atoms with Crippen LogP contribution >= 0.6 is 11.6 Å². The van der Waals surface area contributed by atoms with E-state index in [9.17, 15) is 4.79 Å². The summed E-state index contributed by atoms with van der Waals surface area (Å²) in [5.41, 5.74) is 0. The monoisotopic (exact) mass is 241 g/mol. The minimum absolute atomic E-state index is 0.0581. The van der Waals surface area contributed by atoms with Gasteiger partial charge in [-0.05, 0) is 6.08 Å². The van der Waals surface area contributed by atoms with Crippen molar-refractivity contribution in [3.05, 3.63) is 12.3 Å². The van der Waals surface area contributed by atoms with E-state index < -0.39 is 10.4 Å². The second-order valence-electron chi connectivity index (χ2n) is 2.81. The van der Waals surface area contributed by atoms with Crippen LogP contribution in [-0.2, 0) is 15.2 Å². The van der Waals surface area contributed by atoms with Gasteiger partial charge in [-0.3, -0.25) is 13.9 Å². The summed E-state index contributed by atoms with van der Waals surface area (Å²) in [5.74, 6) is 0.194. The van der Waals surface area contributed by atoms with E-state index in [-0.39, 0.29) is 17.3 Å². The van der Waals surface area contributed by atoms with Gasteiger partial charge in [0.2, 0.25) is 5.91 Å². The molecule has 0 bridgehead atoms. The van der Waals surface area contributed by atoms with E-state index in [1.165, 1.54) is 0 Å². The van der Waals surface area contributed by atoms with Gasteiger partial charge in [0, 0.05) is 12.6 Å². The van der Waals surface area contributed by atoms with Crippen LogP contribution < -0.4 is 0 Å². The van der Waals surface area contributed by atoms with Gasteiger partial charge >= 0.3 is 10.4 Å². The van der Waals surface area contributed by atoms with Crippen molar-refractivity contribution < 1.29 is 22.3 Å². The van der Waals surface area contributed by atoms with Crippen molar-refractivity contribution >= 4 is 27.9 Å². The van der Waals surface area contributed by atoms with Crippen LogP contribution in [0.5, 0.6) is 0 Å². The molecule has 8 heteroatoms. The highest BCUT2D eigenvalue weighted by atomic mass is 35.5. The Balaban J connectivity index is 0.000000171. The SMILES string of the molecule is O=C1CC2C(Cl)C=CN12.O=S(=O)(O)O. The maximum Gasteiger partial charge on any atom is 0.394 e. The van der Waals surface area contributed by atoms with E-state index in [0.717, 1.165) is 0 Å². The Hall–Kier alpha value is -0.630. The number of halogens is 1. The molecule has 0 aliphatic carbocycles. The van der Waals surface area contributed by atoms with Gasteiger partial charge in [0.1, 0.15) is 0 Å². The van der Waals surface area contributed by atoms with E-state index in [1.807, 2.05) is 6.08 Å². The zero-order valence-electron chi connectivity index (χ0n) is 6.87. The van der Waals surface area contributed by atoms with Crippen molar-refractivity contribution in [1.29, 1.82) is 0 Å². The highest BCUT2D eigenvalue weighted by Gasteiger charge is 2.41. The van der Waals surface area contributed by atoms with Crippen LogP contribution in [0.2, 0.25) is 0 Å². The average molecular weight is 242 g/mol. The van der Waals surface area contributed by atoms with E-state index in [2.05, 4.69) is 0 Å². The van der Waals surface area contributed by atoms with Crippen molar-refractivity contribution in [2.75, 3.05) is 0 Å². The lowest BCUT2D eigenvalue weighted by Gasteiger charge is -2.34. The minimum Gasteiger partial charge on any atom is -0.314 e. The highest BCUT2D eigenvalue weighted by Crippen LogP contribution is 2.31. The number of carbonyl (C=O) groups excluding carboxylic acids is 1. The zero-order valence-corrected chi connectivity index (χ0v) is 8.44. The second-order valence-corrected chi connectivity index (χ2v) is 4.21. The van der Waals surface area contributed by atoms with Crippen molar-refractivity contribution in [1.82, 2.24) is 4.90 Å². The Labute approximate surface area is 85.7 Å². The molecule has 6 nitrogen and oxygen atoms in total. The first-order valence-corrected chi connectivity index (χ1v) is 5.46. The fourth-order valence-corrected chi connectivity index (χ4v) is 1.49. The first-order valence-electron chi connectivity index (χ1n) is 3.62. The lowest BCUT2D eigenvalue weighted by molar-refractivity contribution is -0.139. The molecule has 2 unspecified atom stereocenters. The fraction of sp³-hybridized carbons (Fsp3) is 0.500.